The van der Waals surface area contributed by atoms with Crippen molar-refractivity contribution in [2.24, 2.45) is 0 Å². The number of nitro groups is 1. The van der Waals surface area contributed by atoms with E-state index < -0.39 is 10.7 Å². The highest BCUT2D eigenvalue weighted by molar-refractivity contribution is 5.40. The Morgan fingerprint density at radius 3 is 2.88 bits per heavy atom. The van der Waals surface area contributed by atoms with Crippen LogP contribution in [-0.4, -0.2) is 22.7 Å². The Balaban J connectivity index is 2.75. The van der Waals surface area contributed by atoms with E-state index >= 15 is 0 Å². The molecule has 1 unspecified atom stereocenters. The van der Waals surface area contributed by atoms with Crippen LogP contribution in [0, 0.1) is 15.9 Å². The van der Waals surface area contributed by atoms with Crippen molar-refractivity contribution >= 4 is 5.69 Å². The Hall–Kier alpha value is -1.53. The number of nitrogens with one attached hydrogen (secondary N) is 1. The maximum atomic E-state index is 13.0. The summed E-state index contributed by atoms with van der Waals surface area (Å²) in [7, 11) is 0. The molecule has 0 aliphatic rings. The van der Waals surface area contributed by atoms with Crippen molar-refractivity contribution in [3.63, 3.8) is 0 Å². The second-order valence-corrected chi connectivity index (χ2v) is 3.82. The zero-order chi connectivity index (χ0) is 12.8. The molecular weight excluding hydrogens is 227 g/mol. The lowest BCUT2D eigenvalue weighted by Crippen LogP contribution is -2.26. The molecule has 0 radical (unpaired) electrons. The molecule has 1 rings (SSSR count). The lowest BCUT2D eigenvalue weighted by atomic mass is 10.1. The summed E-state index contributed by atoms with van der Waals surface area (Å²) in [6, 6.07) is 3.39. The fourth-order valence-corrected chi connectivity index (χ4v) is 1.45. The van der Waals surface area contributed by atoms with Gasteiger partial charge in [0.1, 0.15) is 5.82 Å². The van der Waals surface area contributed by atoms with Gasteiger partial charge in [0.15, 0.2) is 0 Å². The van der Waals surface area contributed by atoms with E-state index in [1.165, 1.54) is 0 Å². The molecular formula is C11H15FN2O3. The topological polar surface area (TPSA) is 75.4 Å². The summed E-state index contributed by atoms with van der Waals surface area (Å²) in [6.07, 6.45) is 0.545. The van der Waals surface area contributed by atoms with Crippen molar-refractivity contribution < 1.29 is 14.4 Å². The van der Waals surface area contributed by atoms with Gasteiger partial charge in [-0.15, -0.1) is 0 Å². The average Bonchev–Trinajstić information content (AvgIpc) is 2.26. The first-order valence-corrected chi connectivity index (χ1v) is 5.31. The van der Waals surface area contributed by atoms with E-state index in [0.29, 0.717) is 12.0 Å². The molecule has 17 heavy (non-hydrogen) atoms. The molecule has 0 bridgehead atoms. The van der Waals surface area contributed by atoms with Crippen LogP contribution in [0.2, 0.25) is 0 Å². The van der Waals surface area contributed by atoms with Crippen LogP contribution in [0.25, 0.3) is 0 Å². The Morgan fingerprint density at radius 2 is 2.29 bits per heavy atom. The van der Waals surface area contributed by atoms with Crippen LogP contribution in [0.5, 0.6) is 0 Å². The molecule has 1 aromatic rings. The zero-order valence-corrected chi connectivity index (χ0v) is 9.52. The SMILES string of the molecule is CC(CCO)NCc1cc(F)ccc1[N+](=O)[O-]. The molecule has 6 heteroatoms. The number of halogens is 1. The molecule has 0 fully saturated rings. The van der Waals surface area contributed by atoms with E-state index in [0.717, 1.165) is 18.2 Å². The van der Waals surface area contributed by atoms with E-state index in [9.17, 15) is 14.5 Å². The van der Waals surface area contributed by atoms with Gasteiger partial charge < -0.3 is 10.4 Å². The van der Waals surface area contributed by atoms with E-state index in [1.807, 2.05) is 6.92 Å². The molecule has 0 spiro atoms. The normalized spacial score (nSPS) is 12.4. The van der Waals surface area contributed by atoms with Crippen LogP contribution in [0.1, 0.15) is 18.9 Å². The smallest absolute Gasteiger partial charge is 0.274 e. The molecule has 5 nitrogen and oxygen atoms in total. The van der Waals surface area contributed by atoms with Gasteiger partial charge in [0.25, 0.3) is 5.69 Å². The van der Waals surface area contributed by atoms with Gasteiger partial charge in [-0.3, -0.25) is 10.1 Å². The molecule has 2 N–H and O–H groups in total. The van der Waals surface area contributed by atoms with Gasteiger partial charge in [0.05, 0.1) is 4.92 Å². The van der Waals surface area contributed by atoms with Crippen molar-refractivity contribution in [3.05, 3.63) is 39.7 Å². The molecule has 94 valence electrons. The van der Waals surface area contributed by atoms with E-state index in [1.54, 1.807) is 0 Å². The van der Waals surface area contributed by atoms with Crippen molar-refractivity contribution in [3.8, 4) is 0 Å². The Morgan fingerprint density at radius 1 is 1.59 bits per heavy atom. The summed E-state index contributed by atoms with van der Waals surface area (Å²) in [6.45, 7) is 2.09. The van der Waals surface area contributed by atoms with Gasteiger partial charge in [0.2, 0.25) is 0 Å². The molecule has 0 amide bonds. The van der Waals surface area contributed by atoms with Gasteiger partial charge in [-0.2, -0.15) is 0 Å². The number of rotatable bonds is 6. The number of nitro benzene ring substituents is 1. The van der Waals surface area contributed by atoms with Crippen LogP contribution in [0.3, 0.4) is 0 Å². The molecule has 0 saturated carbocycles. The number of nitrogens with zero attached hydrogens (tertiary/aromatic N) is 1. The lowest BCUT2D eigenvalue weighted by Gasteiger charge is -2.12. The standard InChI is InChI=1S/C11H15FN2O3/c1-8(4-5-15)13-7-9-6-10(12)2-3-11(9)14(16)17/h2-3,6,8,13,15H,4-5,7H2,1H3. The molecule has 0 aliphatic heterocycles. The van der Waals surface area contributed by atoms with Gasteiger partial charge in [-0.25, -0.2) is 4.39 Å². The minimum Gasteiger partial charge on any atom is -0.396 e. The zero-order valence-electron chi connectivity index (χ0n) is 9.52. The molecule has 0 heterocycles. The summed E-state index contributed by atoms with van der Waals surface area (Å²) >= 11 is 0. The first-order chi connectivity index (χ1) is 8.04. The first kappa shape index (κ1) is 13.5. The maximum Gasteiger partial charge on any atom is 0.274 e. The largest absolute Gasteiger partial charge is 0.396 e. The molecule has 0 aromatic heterocycles. The highest BCUT2D eigenvalue weighted by atomic mass is 19.1. The van der Waals surface area contributed by atoms with Crippen LogP contribution < -0.4 is 5.32 Å². The first-order valence-electron chi connectivity index (χ1n) is 5.31. The maximum absolute atomic E-state index is 13.0. The third kappa shape index (κ3) is 4.08. The van der Waals surface area contributed by atoms with E-state index in [2.05, 4.69) is 5.32 Å². The predicted octanol–water partition coefficient (Wildman–Crippen LogP) is 1.59. The Labute approximate surface area is 98.4 Å². The monoisotopic (exact) mass is 242 g/mol. The van der Waals surface area contributed by atoms with Crippen molar-refractivity contribution in [1.82, 2.24) is 5.32 Å². The van der Waals surface area contributed by atoms with Crippen LogP contribution in [0.15, 0.2) is 18.2 Å². The van der Waals surface area contributed by atoms with E-state index in [-0.39, 0.29) is 24.9 Å². The van der Waals surface area contributed by atoms with E-state index in [4.69, 9.17) is 5.11 Å². The molecule has 1 atom stereocenters. The summed E-state index contributed by atoms with van der Waals surface area (Å²) in [4.78, 5) is 10.2. The number of hydrogen-bond donors (Lipinski definition) is 2. The molecule has 1 aromatic carbocycles. The highest BCUT2D eigenvalue weighted by Gasteiger charge is 2.14. The van der Waals surface area contributed by atoms with Crippen LogP contribution in [-0.2, 0) is 6.54 Å². The fraction of sp³-hybridized carbons (Fsp3) is 0.455. The fourth-order valence-electron chi connectivity index (χ4n) is 1.45. The number of hydrogen-bond acceptors (Lipinski definition) is 4. The third-order valence-corrected chi connectivity index (χ3v) is 2.44. The second-order valence-electron chi connectivity index (χ2n) is 3.82. The van der Waals surface area contributed by atoms with Crippen molar-refractivity contribution in [1.29, 1.82) is 0 Å². The van der Waals surface area contributed by atoms with Gasteiger partial charge >= 0.3 is 0 Å². The Kier molecular flexibility index (Phi) is 4.99. The lowest BCUT2D eigenvalue weighted by molar-refractivity contribution is -0.385. The van der Waals surface area contributed by atoms with Gasteiger partial charge in [0, 0.05) is 30.8 Å². The number of benzene rings is 1. The Bertz CT molecular complexity index is 398. The van der Waals surface area contributed by atoms with Gasteiger partial charge in [-0.05, 0) is 25.5 Å². The highest BCUT2D eigenvalue weighted by Crippen LogP contribution is 2.19. The number of aliphatic hydroxyl groups is 1. The molecule has 0 aliphatic carbocycles. The summed E-state index contributed by atoms with van der Waals surface area (Å²) in [5, 5.41) is 22.4. The van der Waals surface area contributed by atoms with Crippen molar-refractivity contribution in [2.45, 2.75) is 25.9 Å². The van der Waals surface area contributed by atoms with Crippen LogP contribution >= 0.6 is 0 Å². The molecule has 0 saturated heterocycles. The minimum atomic E-state index is -0.535. The third-order valence-electron chi connectivity index (χ3n) is 2.44. The number of aliphatic hydroxyl groups excluding tert-OH is 1. The van der Waals surface area contributed by atoms with Gasteiger partial charge in [-0.1, -0.05) is 0 Å². The van der Waals surface area contributed by atoms with Crippen molar-refractivity contribution in [2.75, 3.05) is 6.61 Å². The quantitative estimate of drug-likeness (QED) is 0.586. The van der Waals surface area contributed by atoms with Crippen LogP contribution in [0.4, 0.5) is 10.1 Å². The summed E-state index contributed by atoms with van der Waals surface area (Å²) in [5.74, 6) is -0.498. The average molecular weight is 242 g/mol. The second kappa shape index (κ2) is 6.27. The predicted molar refractivity (Wildman–Crippen MR) is 61.1 cm³/mol. The summed E-state index contributed by atoms with van der Waals surface area (Å²) < 4.78 is 13.0. The minimum absolute atomic E-state index is 0.0165. The summed E-state index contributed by atoms with van der Waals surface area (Å²) in [5.41, 5.74) is 0.204.